The normalized spacial score (nSPS) is 12.2. The van der Waals surface area contributed by atoms with Crippen LogP contribution < -0.4 is 0 Å². The van der Waals surface area contributed by atoms with Crippen LogP contribution in [0, 0.1) is 29.1 Å². The maximum Gasteiger partial charge on any atom is 0.200 e. The topological polar surface area (TPSA) is 57.2 Å². The van der Waals surface area contributed by atoms with Gasteiger partial charge < -0.3 is 4.55 Å². The largest absolute Gasteiger partial charge is 0.744 e. The van der Waals surface area contributed by atoms with Crippen molar-refractivity contribution in [2.75, 3.05) is 0 Å². The molecule has 0 amide bonds. The lowest BCUT2D eigenvalue weighted by atomic mass is 9.81. The minimum absolute atomic E-state index is 0.270. The third kappa shape index (κ3) is 7.20. The van der Waals surface area contributed by atoms with Gasteiger partial charge in [0, 0.05) is 0 Å². The molecule has 0 aromatic heterocycles. The van der Waals surface area contributed by atoms with E-state index in [0.29, 0.717) is 0 Å². The zero-order chi connectivity index (χ0) is 29.1. The van der Waals surface area contributed by atoms with E-state index in [2.05, 4.69) is 90.1 Å². The highest BCUT2D eigenvalue weighted by Gasteiger charge is 2.29. The van der Waals surface area contributed by atoms with Gasteiger partial charge in [-0.05, 0) is 52.3 Å². The molecule has 0 aliphatic carbocycles. The van der Waals surface area contributed by atoms with Gasteiger partial charge in [-0.3, -0.25) is 0 Å². The number of rotatable bonds is 7. The molecule has 0 heterocycles. The van der Waals surface area contributed by atoms with Crippen LogP contribution in [0.5, 0.6) is 0 Å². The summed E-state index contributed by atoms with van der Waals surface area (Å²) in [6.07, 6.45) is 3.35. The van der Waals surface area contributed by atoms with Crippen molar-refractivity contribution < 1.29 is 34.9 Å². The highest BCUT2D eigenvalue weighted by molar-refractivity contribution is 7.85. The standard InChI is InChI=1S/C23H32.C6HF5O3S/c1-7-22(3,4)20-13-9-18(10-14-20)17-19-11-15-21(16-12-19)23(5,6)8-2;7-1-2(8)4(10)6(15(12,13)14)5(11)3(1)9/h9-16H,7-8,17H2,1-6H3;(H,12,13,14)/p-1. The van der Waals surface area contributed by atoms with E-state index in [9.17, 15) is 34.9 Å². The molecule has 3 rings (SSSR count). The molecule has 208 valence electrons. The van der Waals surface area contributed by atoms with Crippen LogP contribution in [0.4, 0.5) is 22.0 Å². The van der Waals surface area contributed by atoms with Crippen LogP contribution in [0.2, 0.25) is 0 Å². The van der Waals surface area contributed by atoms with Crippen molar-refractivity contribution in [2.45, 2.75) is 76.5 Å². The molecule has 0 spiro atoms. The minimum Gasteiger partial charge on any atom is -0.744 e. The molecule has 38 heavy (non-hydrogen) atoms. The minimum atomic E-state index is -5.77. The first kappa shape index (κ1) is 31.4. The molecule has 3 aromatic carbocycles. The van der Waals surface area contributed by atoms with Crippen LogP contribution in [0.3, 0.4) is 0 Å². The summed E-state index contributed by atoms with van der Waals surface area (Å²) in [6, 6.07) is 18.3. The predicted molar refractivity (Wildman–Crippen MR) is 137 cm³/mol. The quantitative estimate of drug-likeness (QED) is 0.129. The number of hydrogen-bond acceptors (Lipinski definition) is 3. The van der Waals surface area contributed by atoms with Gasteiger partial charge in [0.2, 0.25) is 5.82 Å². The third-order valence-corrected chi connectivity index (χ3v) is 7.92. The first-order valence-corrected chi connectivity index (χ1v) is 13.5. The Kier molecular flexibility index (Phi) is 9.88. The van der Waals surface area contributed by atoms with Crippen molar-refractivity contribution in [3.8, 4) is 0 Å². The summed E-state index contributed by atoms with van der Waals surface area (Å²) in [4.78, 5) is -2.38. The second-order valence-corrected chi connectivity index (χ2v) is 11.7. The van der Waals surface area contributed by atoms with E-state index < -0.39 is 44.1 Å². The van der Waals surface area contributed by atoms with Gasteiger partial charge in [0.05, 0.1) is 0 Å². The van der Waals surface area contributed by atoms with Crippen molar-refractivity contribution in [3.05, 3.63) is 99.9 Å². The third-order valence-electron chi connectivity index (χ3n) is 7.07. The Balaban J connectivity index is 0.000000293. The lowest BCUT2D eigenvalue weighted by Gasteiger charge is -2.24. The van der Waals surface area contributed by atoms with Gasteiger partial charge in [0.1, 0.15) is 15.0 Å². The van der Waals surface area contributed by atoms with Gasteiger partial charge in [-0.15, -0.1) is 0 Å². The second kappa shape index (κ2) is 11.9. The van der Waals surface area contributed by atoms with Crippen molar-refractivity contribution in [3.63, 3.8) is 0 Å². The SMILES string of the molecule is CCC(C)(C)c1ccc(Cc2ccc(C(C)(C)CC)cc2)cc1.O=S(=O)([O-])c1c(F)c(F)c(F)c(F)c1F. The summed E-state index contributed by atoms with van der Waals surface area (Å²) < 4.78 is 92.9. The molecule has 3 nitrogen and oxygen atoms in total. The van der Waals surface area contributed by atoms with E-state index in [-0.39, 0.29) is 10.8 Å². The molecule has 0 aliphatic rings. The van der Waals surface area contributed by atoms with Gasteiger partial charge >= 0.3 is 0 Å². The Morgan fingerprint density at radius 1 is 0.605 bits per heavy atom. The molecule has 0 atom stereocenters. The lowest BCUT2D eigenvalue weighted by Crippen LogP contribution is -2.15. The Labute approximate surface area is 221 Å². The summed E-state index contributed by atoms with van der Waals surface area (Å²) in [5.74, 6) is -12.8. The summed E-state index contributed by atoms with van der Waals surface area (Å²) in [5.41, 5.74) is 6.19. The molecule has 0 saturated heterocycles. The molecular weight excluding hydrogens is 523 g/mol. The molecule has 0 aliphatic heterocycles. The number of hydrogen-bond donors (Lipinski definition) is 0. The van der Waals surface area contributed by atoms with Crippen molar-refractivity contribution in [1.29, 1.82) is 0 Å². The van der Waals surface area contributed by atoms with Crippen LogP contribution in [0.15, 0.2) is 53.4 Å². The highest BCUT2D eigenvalue weighted by atomic mass is 32.2. The maximum absolute atomic E-state index is 12.6. The zero-order valence-electron chi connectivity index (χ0n) is 22.3. The Morgan fingerprint density at radius 2 is 0.895 bits per heavy atom. The summed E-state index contributed by atoms with van der Waals surface area (Å²) in [7, 11) is -5.77. The van der Waals surface area contributed by atoms with Crippen LogP contribution in [0.1, 0.15) is 76.6 Å². The van der Waals surface area contributed by atoms with Crippen LogP contribution in [-0.2, 0) is 27.4 Å². The fraction of sp³-hybridized carbons (Fsp3) is 0.379. The molecule has 3 aromatic rings. The molecular formula is C29H32F5O3S-. The van der Waals surface area contributed by atoms with Gasteiger partial charge in [-0.25, -0.2) is 30.4 Å². The van der Waals surface area contributed by atoms with Crippen molar-refractivity contribution in [2.24, 2.45) is 0 Å². The number of halogens is 5. The number of benzene rings is 3. The average molecular weight is 556 g/mol. The molecule has 0 N–H and O–H groups in total. The van der Waals surface area contributed by atoms with E-state index in [1.165, 1.54) is 35.1 Å². The first-order valence-electron chi connectivity index (χ1n) is 12.1. The van der Waals surface area contributed by atoms with Gasteiger partial charge in [-0.1, -0.05) is 90.1 Å². The van der Waals surface area contributed by atoms with Crippen LogP contribution in [-0.4, -0.2) is 13.0 Å². The summed E-state index contributed by atoms with van der Waals surface area (Å²) >= 11 is 0. The van der Waals surface area contributed by atoms with Crippen LogP contribution in [0.25, 0.3) is 0 Å². The average Bonchev–Trinajstić information content (AvgIpc) is 2.86. The van der Waals surface area contributed by atoms with Gasteiger partial charge in [-0.2, -0.15) is 0 Å². The smallest absolute Gasteiger partial charge is 0.200 e. The van der Waals surface area contributed by atoms with E-state index in [1.807, 2.05) is 0 Å². The fourth-order valence-electron chi connectivity index (χ4n) is 3.60. The predicted octanol–water partition coefficient (Wildman–Crippen LogP) is 7.94. The lowest BCUT2D eigenvalue weighted by molar-refractivity contribution is 0.350. The monoisotopic (exact) mass is 555 g/mol. The van der Waals surface area contributed by atoms with Gasteiger partial charge in [0.15, 0.2) is 23.3 Å². The Hall–Kier alpha value is -2.78. The fourth-order valence-corrected chi connectivity index (χ4v) is 4.21. The summed E-state index contributed by atoms with van der Waals surface area (Å²) in [5, 5.41) is 0. The van der Waals surface area contributed by atoms with E-state index in [1.54, 1.807) is 0 Å². The Morgan fingerprint density at radius 3 is 1.16 bits per heavy atom. The molecule has 0 radical (unpaired) electrons. The molecule has 9 heteroatoms. The van der Waals surface area contributed by atoms with Crippen LogP contribution >= 0.6 is 0 Å². The summed E-state index contributed by atoms with van der Waals surface area (Å²) in [6.45, 7) is 13.8. The highest BCUT2D eigenvalue weighted by Crippen LogP contribution is 2.29. The zero-order valence-corrected chi connectivity index (χ0v) is 23.1. The molecule has 0 unspecified atom stereocenters. The van der Waals surface area contributed by atoms with Crippen molar-refractivity contribution >= 4 is 10.1 Å². The molecule has 0 fully saturated rings. The van der Waals surface area contributed by atoms with E-state index in [4.69, 9.17) is 0 Å². The maximum atomic E-state index is 12.6. The molecule has 0 saturated carbocycles. The van der Waals surface area contributed by atoms with Gasteiger partial charge in [0.25, 0.3) is 0 Å². The van der Waals surface area contributed by atoms with Crippen molar-refractivity contribution in [1.82, 2.24) is 0 Å². The second-order valence-electron chi connectivity index (χ2n) is 10.4. The van der Waals surface area contributed by atoms with E-state index in [0.717, 1.165) is 6.42 Å². The molecule has 0 bridgehead atoms. The Bertz CT molecular complexity index is 1280. The first-order chi connectivity index (χ1) is 17.5. The van der Waals surface area contributed by atoms with E-state index >= 15 is 0 Å².